The summed E-state index contributed by atoms with van der Waals surface area (Å²) in [5.41, 5.74) is 1.42. The van der Waals surface area contributed by atoms with Crippen LogP contribution in [-0.4, -0.2) is 24.5 Å². The summed E-state index contributed by atoms with van der Waals surface area (Å²) in [4.78, 5) is 38.8. The molecule has 0 aliphatic carbocycles. The van der Waals surface area contributed by atoms with Crippen LogP contribution in [0.5, 0.6) is 11.5 Å². The van der Waals surface area contributed by atoms with Gasteiger partial charge in [-0.15, -0.1) is 0 Å². The smallest absolute Gasteiger partial charge is 0.335 e. The Bertz CT molecular complexity index is 1320. The van der Waals surface area contributed by atoms with Gasteiger partial charge in [-0.2, -0.15) is 0 Å². The molecule has 1 saturated heterocycles. The van der Waals surface area contributed by atoms with Gasteiger partial charge in [0.15, 0.2) is 11.5 Å². The fraction of sp³-hybridized carbons (Fsp3) is 0.115. The van der Waals surface area contributed by atoms with Crippen molar-refractivity contribution < 1.29 is 23.9 Å². The number of carbonyl (C=O) groups excluding carboxylic acids is 3. The molecular formula is C26H20Cl2N2O5. The van der Waals surface area contributed by atoms with Crippen molar-refractivity contribution in [3.8, 4) is 11.5 Å². The Morgan fingerprint density at radius 3 is 2.37 bits per heavy atom. The maximum Gasteiger partial charge on any atom is 0.335 e. The molecule has 1 N–H and O–H groups in total. The van der Waals surface area contributed by atoms with Crippen LogP contribution in [0.15, 0.2) is 72.3 Å². The number of benzene rings is 3. The number of barbiturate groups is 1. The van der Waals surface area contributed by atoms with Crippen LogP contribution in [0.25, 0.3) is 6.08 Å². The summed E-state index contributed by atoms with van der Waals surface area (Å²) in [6.45, 7) is 2.44. The zero-order chi connectivity index (χ0) is 24.9. The normalized spacial score (nSPS) is 14.8. The van der Waals surface area contributed by atoms with E-state index >= 15 is 0 Å². The zero-order valence-corrected chi connectivity index (χ0v) is 20.1. The number of hydrogen-bond donors (Lipinski definition) is 1. The molecule has 4 amide bonds. The van der Waals surface area contributed by atoms with Gasteiger partial charge in [-0.05, 0) is 61.0 Å². The molecule has 0 unspecified atom stereocenters. The van der Waals surface area contributed by atoms with E-state index in [-0.39, 0.29) is 17.9 Å². The molecule has 1 aliphatic rings. The van der Waals surface area contributed by atoms with Gasteiger partial charge < -0.3 is 9.47 Å². The van der Waals surface area contributed by atoms with Crippen molar-refractivity contribution >= 4 is 52.8 Å². The van der Waals surface area contributed by atoms with E-state index in [1.807, 2.05) is 25.1 Å². The first kappa shape index (κ1) is 24.3. The fourth-order valence-electron chi connectivity index (χ4n) is 3.42. The fourth-order valence-corrected chi connectivity index (χ4v) is 3.74. The van der Waals surface area contributed by atoms with Gasteiger partial charge in [0.05, 0.1) is 12.3 Å². The number of anilines is 1. The molecule has 1 heterocycles. The first-order valence-corrected chi connectivity index (χ1v) is 11.4. The highest BCUT2D eigenvalue weighted by Crippen LogP contribution is 2.31. The molecule has 9 heteroatoms. The van der Waals surface area contributed by atoms with E-state index in [4.69, 9.17) is 32.7 Å². The highest BCUT2D eigenvalue weighted by atomic mass is 35.5. The lowest BCUT2D eigenvalue weighted by Gasteiger charge is -2.26. The van der Waals surface area contributed by atoms with Crippen LogP contribution in [0.3, 0.4) is 0 Å². The molecule has 4 rings (SSSR count). The maximum absolute atomic E-state index is 13.1. The topological polar surface area (TPSA) is 84.9 Å². The molecule has 3 aromatic carbocycles. The predicted octanol–water partition coefficient (Wildman–Crippen LogP) is 5.64. The Kier molecular flexibility index (Phi) is 7.39. The number of halogens is 2. The summed E-state index contributed by atoms with van der Waals surface area (Å²) >= 11 is 12.1. The molecule has 1 aliphatic heterocycles. The molecule has 0 saturated carbocycles. The summed E-state index contributed by atoms with van der Waals surface area (Å²) in [6, 6.07) is 17.7. The summed E-state index contributed by atoms with van der Waals surface area (Å²) in [5.74, 6) is -0.630. The zero-order valence-electron chi connectivity index (χ0n) is 18.6. The quantitative estimate of drug-likeness (QED) is 0.328. The number of amides is 4. The van der Waals surface area contributed by atoms with E-state index in [9.17, 15) is 14.4 Å². The van der Waals surface area contributed by atoms with Crippen molar-refractivity contribution in [2.24, 2.45) is 0 Å². The molecule has 0 radical (unpaired) electrons. The molecule has 0 spiro atoms. The van der Waals surface area contributed by atoms with E-state index in [2.05, 4.69) is 5.32 Å². The van der Waals surface area contributed by atoms with Crippen molar-refractivity contribution in [2.45, 2.75) is 13.5 Å². The first-order chi connectivity index (χ1) is 16.9. The molecule has 178 valence electrons. The van der Waals surface area contributed by atoms with E-state index in [0.717, 1.165) is 10.5 Å². The van der Waals surface area contributed by atoms with Crippen molar-refractivity contribution in [1.29, 1.82) is 0 Å². The highest BCUT2D eigenvalue weighted by molar-refractivity contribution is 6.39. The monoisotopic (exact) mass is 510 g/mol. The van der Waals surface area contributed by atoms with Crippen molar-refractivity contribution in [2.75, 3.05) is 11.5 Å². The summed E-state index contributed by atoms with van der Waals surface area (Å²) in [7, 11) is 0. The Morgan fingerprint density at radius 2 is 1.66 bits per heavy atom. The Labute approximate surface area is 211 Å². The van der Waals surface area contributed by atoms with Crippen molar-refractivity contribution in [3.05, 3.63) is 93.5 Å². The third-order valence-corrected chi connectivity index (χ3v) is 5.73. The summed E-state index contributed by atoms with van der Waals surface area (Å²) in [5, 5.41) is 3.24. The number of hydrogen-bond acceptors (Lipinski definition) is 5. The van der Waals surface area contributed by atoms with Crippen LogP contribution in [0.2, 0.25) is 10.0 Å². The maximum atomic E-state index is 13.1. The Balaban J connectivity index is 1.61. The number of rotatable bonds is 7. The minimum absolute atomic E-state index is 0.202. The minimum atomic E-state index is -0.835. The lowest BCUT2D eigenvalue weighted by molar-refractivity contribution is -0.122. The molecule has 1 fully saturated rings. The van der Waals surface area contributed by atoms with Crippen molar-refractivity contribution in [3.63, 3.8) is 0 Å². The largest absolute Gasteiger partial charge is 0.490 e. The van der Waals surface area contributed by atoms with Crippen LogP contribution in [0, 0.1) is 0 Å². The molecule has 0 bridgehead atoms. The van der Waals surface area contributed by atoms with Gasteiger partial charge in [-0.3, -0.25) is 14.9 Å². The van der Waals surface area contributed by atoms with Gasteiger partial charge in [0.1, 0.15) is 12.2 Å². The average molecular weight is 511 g/mol. The lowest BCUT2D eigenvalue weighted by atomic mass is 10.1. The van der Waals surface area contributed by atoms with Crippen LogP contribution in [0.4, 0.5) is 10.5 Å². The standard InChI is InChI=1S/C26H20Cl2N2O5/c1-2-34-23-14-16(7-12-22(23)35-15-17-5-3-4-6-21(17)28)13-20-24(31)29-26(33)30(25(20)32)19-10-8-18(27)9-11-19/h3-14H,2,15H2,1H3,(H,29,31,33)/b20-13+. The van der Waals surface area contributed by atoms with E-state index in [0.29, 0.717) is 33.7 Å². The van der Waals surface area contributed by atoms with Crippen molar-refractivity contribution in [1.82, 2.24) is 5.32 Å². The predicted molar refractivity (Wildman–Crippen MR) is 134 cm³/mol. The molecule has 7 nitrogen and oxygen atoms in total. The summed E-state index contributed by atoms with van der Waals surface area (Å²) < 4.78 is 11.6. The molecular weight excluding hydrogens is 491 g/mol. The SMILES string of the molecule is CCOc1cc(/C=C2\C(=O)NC(=O)N(c3ccc(Cl)cc3)C2=O)ccc1OCc1ccccc1Cl. The Hall–Kier alpha value is -3.81. The summed E-state index contributed by atoms with van der Waals surface area (Å²) in [6.07, 6.45) is 1.40. The molecule has 35 heavy (non-hydrogen) atoms. The third-order valence-electron chi connectivity index (χ3n) is 5.11. The second-order valence-electron chi connectivity index (χ2n) is 7.45. The number of ether oxygens (including phenoxy) is 2. The van der Waals surface area contributed by atoms with Gasteiger partial charge >= 0.3 is 6.03 Å². The van der Waals surface area contributed by atoms with Gasteiger partial charge in [0.25, 0.3) is 11.8 Å². The van der Waals surface area contributed by atoms with Crippen LogP contribution in [0.1, 0.15) is 18.1 Å². The van der Waals surface area contributed by atoms with E-state index in [1.165, 1.54) is 18.2 Å². The highest BCUT2D eigenvalue weighted by Gasteiger charge is 2.36. The van der Waals surface area contributed by atoms with Crippen LogP contribution in [-0.2, 0) is 16.2 Å². The lowest BCUT2D eigenvalue weighted by Crippen LogP contribution is -2.54. The molecule has 0 atom stereocenters. The third kappa shape index (κ3) is 5.48. The average Bonchev–Trinajstić information content (AvgIpc) is 2.83. The Morgan fingerprint density at radius 1 is 0.914 bits per heavy atom. The van der Waals surface area contributed by atoms with E-state index < -0.39 is 17.8 Å². The second kappa shape index (κ2) is 10.6. The van der Waals surface area contributed by atoms with Gasteiger partial charge in [-0.1, -0.05) is 47.5 Å². The first-order valence-electron chi connectivity index (χ1n) is 10.7. The van der Waals surface area contributed by atoms with Gasteiger partial charge in [0, 0.05) is 15.6 Å². The number of nitrogens with zero attached hydrogens (tertiary/aromatic N) is 1. The van der Waals surface area contributed by atoms with Crippen LogP contribution >= 0.6 is 23.2 Å². The number of urea groups is 1. The van der Waals surface area contributed by atoms with Crippen LogP contribution < -0.4 is 19.7 Å². The number of carbonyl (C=O) groups is 3. The van der Waals surface area contributed by atoms with Gasteiger partial charge in [-0.25, -0.2) is 9.69 Å². The second-order valence-corrected chi connectivity index (χ2v) is 8.30. The van der Waals surface area contributed by atoms with Gasteiger partial charge in [0.2, 0.25) is 0 Å². The molecule has 3 aromatic rings. The minimum Gasteiger partial charge on any atom is -0.490 e. The number of imide groups is 2. The van der Waals surface area contributed by atoms with E-state index in [1.54, 1.807) is 36.4 Å². The molecule has 0 aromatic heterocycles. The number of nitrogens with one attached hydrogen (secondary N) is 1.